The first-order valence-corrected chi connectivity index (χ1v) is 7.38. The van der Waals surface area contributed by atoms with E-state index in [1.165, 1.54) is 7.11 Å². The molecule has 0 saturated heterocycles. The number of nitrogens with zero attached hydrogens (tertiary/aromatic N) is 2. The van der Waals surface area contributed by atoms with E-state index in [-0.39, 0.29) is 11.9 Å². The maximum absolute atomic E-state index is 12.8. The number of carbonyl (C=O) groups excluding carboxylic acids is 2. The zero-order valence-electron chi connectivity index (χ0n) is 13.7. The molecule has 0 aliphatic carbocycles. The van der Waals surface area contributed by atoms with Crippen molar-refractivity contribution in [1.29, 1.82) is 0 Å². The third-order valence-corrected chi connectivity index (χ3v) is 3.54. The number of rotatable bonds is 4. The molecule has 120 valence electrons. The largest absolute Gasteiger partial charge is 0.465 e. The van der Waals surface area contributed by atoms with E-state index in [4.69, 9.17) is 4.74 Å². The van der Waals surface area contributed by atoms with E-state index in [1.807, 2.05) is 20.8 Å². The van der Waals surface area contributed by atoms with Gasteiger partial charge in [0, 0.05) is 29.7 Å². The standard InChI is InChI=1S/C18H20N2O3/c1-12(2)20(17(21)14-7-9-19-10-8-14)16-6-5-15(11-13(16)3)18(22)23-4/h5-12H,1-4H3. The van der Waals surface area contributed by atoms with Gasteiger partial charge in [0.1, 0.15) is 0 Å². The minimum atomic E-state index is -0.392. The molecule has 5 heteroatoms. The zero-order valence-corrected chi connectivity index (χ0v) is 13.7. The fraction of sp³-hybridized carbons (Fsp3) is 0.278. The van der Waals surface area contributed by atoms with Crippen LogP contribution in [-0.2, 0) is 4.74 Å². The molecule has 23 heavy (non-hydrogen) atoms. The predicted molar refractivity (Wildman–Crippen MR) is 88.7 cm³/mol. The fourth-order valence-corrected chi connectivity index (χ4v) is 2.43. The molecule has 2 rings (SSSR count). The Balaban J connectivity index is 2.43. The van der Waals surface area contributed by atoms with E-state index in [0.717, 1.165) is 11.3 Å². The third-order valence-electron chi connectivity index (χ3n) is 3.54. The van der Waals surface area contributed by atoms with Crippen LogP contribution in [0.25, 0.3) is 0 Å². The molecule has 0 saturated carbocycles. The number of benzene rings is 1. The van der Waals surface area contributed by atoms with E-state index < -0.39 is 5.97 Å². The molecule has 0 bridgehead atoms. The monoisotopic (exact) mass is 312 g/mol. The topological polar surface area (TPSA) is 59.5 Å². The summed E-state index contributed by atoms with van der Waals surface area (Å²) in [6.45, 7) is 5.77. The van der Waals surface area contributed by atoms with Crippen LogP contribution in [0.1, 0.15) is 40.1 Å². The average molecular weight is 312 g/mol. The molecular formula is C18H20N2O3. The highest BCUT2D eigenvalue weighted by atomic mass is 16.5. The van der Waals surface area contributed by atoms with E-state index in [9.17, 15) is 9.59 Å². The van der Waals surface area contributed by atoms with Crippen LogP contribution in [0, 0.1) is 6.92 Å². The first-order chi connectivity index (χ1) is 11.0. The van der Waals surface area contributed by atoms with Gasteiger partial charge in [-0.25, -0.2) is 4.79 Å². The van der Waals surface area contributed by atoms with Crippen molar-refractivity contribution in [2.45, 2.75) is 26.8 Å². The number of hydrogen-bond acceptors (Lipinski definition) is 4. The van der Waals surface area contributed by atoms with Gasteiger partial charge in [0.15, 0.2) is 0 Å². The summed E-state index contributed by atoms with van der Waals surface area (Å²) in [4.78, 5) is 30.1. The lowest BCUT2D eigenvalue weighted by molar-refractivity contribution is 0.0600. The van der Waals surface area contributed by atoms with Crippen molar-refractivity contribution in [3.63, 3.8) is 0 Å². The third kappa shape index (κ3) is 3.56. The normalized spacial score (nSPS) is 10.5. The Morgan fingerprint density at radius 3 is 2.26 bits per heavy atom. The Morgan fingerprint density at radius 2 is 1.74 bits per heavy atom. The summed E-state index contributed by atoms with van der Waals surface area (Å²) in [5.74, 6) is -0.493. The number of methoxy groups -OCH3 is 1. The Bertz CT molecular complexity index is 711. The van der Waals surface area contributed by atoms with Gasteiger partial charge in [0.25, 0.3) is 5.91 Å². The quantitative estimate of drug-likeness (QED) is 0.813. The Morgan fingerprint density at radius 1 is 1.09 bits per heavy atom. The van der Waals surface area contributed by atoms with Crippen LogP contribution in [0.5, 0.6) is 0 Å². The predicted octanol–water partition coefficient (Wildman–Crippen LogP) is 3.23. The fourth-order valence-electron chi connectivity index (χ4n) is 2.43. The highest BCUT2D eigenvalue weighted by molar-refractivity contribution is 6.07. The van der Waals surface area contributed by atoms with Crippen molar-refractivity contribution in [2.75, 3.05) is 12.0 Å². The number of aryl methyl sites for hydroxylation is 1. The van der Waals surface area contributed by atoms with Crippen LogP contribution >= 0.6 is 0 Å². The smallest absolute Gasteiger partial charge is 0.337 e. The van der Waals surface area contributed by atoms with Gasteiger partial charge in [-0.05, 0) is 56.7 Å². The van der Waals surface area contributed by atoms with Gasteiger partial charge in [0.2, 0.25) is 0 Å². The SMILES string of the molecule is COC(=O)c1ccc(N(C(=O)c2ccncc2)C(C)C)c(C)c1. The summed E-state index contributed by atoms with van der Waals surface area (Å²) in [6, 6.07) is 8.53. The van der Waals surface area contributed by atoms with Crippen molar-refractivity contribution in [1.82, 2.24) is 4.98 Å². The molecule has 0 N–H and O–H groups in total. The number of esters is 1. The second kappa shape index (κ2) is 7.05. The highest BCUT2D eigenvalue weighted by Gasteiger charge is 2.22. The molecule has 0 unspecified atom stereocenters. The molecule has 0 spiro atoms. The summed E-state index contributed by atoms with van der Waals surface area (Å²) in [5.41, 5.74) is 2.65. The van der Waals surface area contributed by atoms with Gasteiger partial charge in [-0.1, -0.05) is 0 Å². The Hall–Kier alpha value is -2.69. The maximum Gasteiger partial charge on any atom is 0.337 e. The number of hydrogen-bond donors (Lipinski definition) is 0. The minimum Gasteiger partial charge on any atom is -0.465 e. The van der Waals surface area contributed by atoms with Gasteiger partial charge in [-0.15, -0.1) is 0 Å². The number of amides is 1. The molecule has 0 fully saturated rings. The van der Waals surface area contributed by atoms with Crippen LogP contribution in [-0.4, -0.2) is 30.0 Å². The van der Waals surface area contributed by atoms with Crippen molar-refractivity contribution < 1.29 is 14.3 Å². The molecule has 1 heterocycles. The molecule has 1 amide bonds. The molecule has 0 aliphatic rings. The van der Waals surface area contributed by atoms with Crippen molar-refractivity contribution in [3.05, 3.63) is 59.4 Å². The number of carbonyl (C=O) groups is 2. The lowest BCUT2D eigenvalue weighted by atomic mass is 10.1. The summed E-state index contributed by atoms with van der Waals surface area (Å²) < 4.78 is 4.73. The van der Waals surface area contributed by atoms with Crippen LogP contribution in [0.4, 0.5) is 5.69 Å². The van der Waals surface area contributed by atoms with Crippen molar-refractivity contribution in [3.8, 4) is 0 Å². The summed E-state index contributed by atoms with van der Waals surface area (Å²) >= 11 is 0. The molecule has 5 nitrogen and oxygen atoms in total. The van der Waals surface area contributed by atoms with Crippen LogP contribution in [0.3, 0.4) is 0 Å². The summed E-state index contributed by atoms with van der Waals surface area (Å²) in [6.07, 6.45) is 3.19. The Labute approximate surface area is 135 Å². The first-order valence-electron chi connectivity index (χ1n) is 7.38. The molecule has 2 aromatic rings. The van der Waals surface area contributed by atoms with Crippen molar-refractivity contribution in [2.24, 2.45) is 0 Å². The molecule has 0 aliphatic heterocycles. The van der Waals surface area contributed by atoms with Crippen molar-refractivity contribution >= 4 is 17.6 Å². The molecule has 1 aromatic carbocycles. The molecular weight excluding hydrogens is 292 g/mol. The zero-order chi connectivity index (χ0) is 17.0. The second-order valence-corrected chi connectivity index (χ2v) is 5.50. The number of ether oxygens (including phenoxy) is 1. The van der Waals surface area contributed by atoms with Crippen LogP contribution in [0.15, 0.2) is 42.7 Å². The number of anilines is 1. The average Bonchev–Trinajstić information content (AvgIpc) is 2.56. The summed E-state index contributed by atoms with van der Waals surface area (Å²) in [7, 11) is 1.35. The van der Waals surface area contributed by atoms with E-state index in [2.05, 4.69) is 4.98 Å². The lowest BCUT2D eigenvalue weighted by Gasteiger charge is -2.28. The first kappa shape index (κ1) is 16.7. The second-order valence-electron chi connectivity index (χ2n) is 5.50. The minimum absolute atomic E-state index is 0.0293. The number of aromatic nitrogens is 1. The van der Waals surface area contributed by atoms with Gasteiger partial charge < -0.3 is 9.64 Å². The number of pyridine rings is 1. The lowest BCUT2D eigenvalue weighted by Crippen LogP contribution is -2.37. The van der Waals surface area contributed by atoms with E-state index in [0.29, 0.717) is 11.1 Å². The molecule has 0 radical (unpaired) electrons. The maximum atomic E-state index is 12.8. The molecule has 1 aromatic heterocycles. The van der Waals surface area contributed by atoms with Crippen LogP contribution in [0.2, 0.25) is 0 Å². The highest BCUT2D eigenvalue weighted by Crippen LogP contribution is 2.25. The van der Waals surface area contributed by atoms with E-state index in [1.54, 1.807) is 47.6 Å². The van der Waals surface area contributed by atoms with Gasteiger partial charge in [-0.2, -0.15) is 0 Å². The van der Waals surface area contributed by atoms with Gasteiger partial charge in [0.05, 0.1) is 12.7 Å². The van der Waals surface area contributed by atoms with E-state index >= 15 is 0 Å². The van der Waals surface area contributed by atoms with Crippen LogP contribution < -0.4 is 4.90 Å². The molecule has 0 atom stereocenters. The summed E-state index contributed by atoms with van der Waals surface area (Å²) in [5, 5.41) is 0. The van der Waals surface area contributed by atoms with Gasteiger partial charge >= 0.3 is 5.97 Å². The van der Waals surface area contributed by atoms with Gasteiger partial charge in [-0.3, -0.25) is 9.78 Å². The Kier molecular flexibility index (Phi) is 5.11.